The Hall–Kier alpha value is -2.47. The average Bonchev–Trinajstić information content (AvgIpc) is 2.63. The summed E-state index contributed by atoms with van der Waals surface area (Å²) in [4.78, 5) is 19.8. The van der Waals surface area contributed by atoms with Crippen molar-refractivity contribution in [1.29, 1.82) is 0 Å². The second-order valence-electron chi connectivity index (χ2n) is 5.29. The molecule has 1 unspecified atom stereocenters. The molecule has 0 bridgehead atoms. The van der Waals surface area contributed by atoms with Crippen LogP contribution in [0.1, 0.15) is 19.3 Å². The van der Waals surface area contributed by atoms with Crippen molar-refractivity contribution in [2.24, 2.45) is 5.73 Å². The first-order chi connectivity index (χ1) is 11.3. The van der Waals surface area contributed by atoms with Crippen molar-refractivity contribution in [2.45, 2.75) is 25.3 Å². The van der Waals surface area contributed by atoms with Gasteiger partial charge in [-0.1, -0.05) is 30.3 Å². The lowest BCUT2D eigenvalue weighted by atomic mass is 10.0. The smallest absolute Gasteiger partial charge is 0.290 e. The lowest BCUT2D eigenvalue weighted by molar-refractivity contribution is -0.122. The highest BCUT2D eigenvalue weighted by Gasteiger charge is 2.22. The third-order valence-corrected chi connectivity index (χ3v) is 3.87. The van der Waals surface area contributed by atoms with Gasteiger partial charge in [-0.2, -0.15) is 0 Å². The van der Waals surface area contributed by atoms with Crippen LogP contribution in [-0.4, -0.2) is 40.7 Å². The molecule has 0 spiro atoms. The van der Waals surface area contributed by atoms with E-state index in [-0.39, 0.29) is 6.47 Å². The summed E-state index contributed by atoms with van der Waals surface area (Å²) in [6.07, 6.45) is 5.46. The van der Waals surface area contributed by atoms with Crippen LogP contribution in [0.3, 0.4) is 0 Å². The maximum atomic E-state index is 8.36. The minimum Gasteiger partial charge on any atom is -0.483 e. The summed E-state index contributed by atoms with van der Waals surface area (Å²) in [5, 5.41) is 6.89. The molecule has 3 rings (SSSR count). The molecule has 1 aliphatic rings. The van der Waals surface area contributed by atoms with Gasteiger partial charge in [0.1, 0.15) is 5.82 Å². The zero-order valence-corrected chi connectivity index (χ0v) is 13.0. The van der Waals surface area contributed by atoms with E-state index in [4.69, 9.17) is 20.6 Å². The van der Waals surface area contributed by atoms with Gasteiger partial charge in [0.2, 0.25) is 0 Å². The minimum absolute atomic E-state index is 0.250. The number of hydrogen-bond donors (Lipinski definition) is 2. The number of rotatable bonds is 3. The second-order valence-corrected chi connectivity index (χ2v) is 5.29. The van der Waals surface area contributed by atoms with Crippen LogP contribution in [0.5, 0.6) is 0 Å². The monoisotopic (exact) mass is 314 g/mol. The lowest BCUT2D eigenvalue weighted by Gasteiger charge is -2.36. The maximum Gasteiger partial charge on any atom is 0.290 e. The van der Waals surface area contributed by atoms with E-state index in [9.17, 15) is 0 Å². The molecule has 0 aliphatic carbocycles. The van der Waals surface area contributed by atoms with Crippen LogP contribution in [0.25, 0.3) is 11.4 Å². The molecule has 122 valence electrons. The summed E-state index contributed by atoms with van der Waals surface area (Å²) < 4.78 is 0. The Kier molecular flexibility index (Phi) is 6.50. The first kappa shape index (κ1) is 16.9. The molecule has 0 saturated carbocycles. The molecule has 23 heavy (non-hydrogen) atoms. The Bertz CT molecular complexity index is 607. The van der Waals surface area contributed by atoms with Gasteiger partial charge in [0, 0.05) is 30.9 Å². The summed E-state index contributed by atoms with van der Waals surface area (Å²) in [7, 11) is 0. The van der Waals surface area contributed by atoms with E-state index in [0.29, 0.717) is 12.6 Å². The molecular formula is C17H22N4O2. The van der Waals surface area contributed by atoms with Crippen molar-refractivity contribution < 1.29 is 9.90 Å². The minimum atomic E-state index is -0.250. The molecule has 3 N–H and O–H groups in total. The maximum absolute atomic E-state index is 8.36. The third kappa shape index (κ3) is 4.50. The van der Waals surface area contributed by atoms with Gasteiger partial charge in [-0.15, -0.1) is 0 Å². The van der Waals surface area contributed by atoms with Gasteiger partial charge in [-0.25, -0.2) is 9.97 Å². The number of nitrogens with zero attached hydrogens (tertiary/aromatic N) is 3. The molecule has 1 aromatic heterocycles. The van der Waals surface area contributed by atoms with E-state index in [0.717, 1.165) is 30.2 Å². The lowest BCUT2D eigenvalue weighted by Crippen LogP contribution is -2.44. The van der Waals surface area contributed by atoms with Crippen LogP contribution in [0.4, 0.5) is 5.82 Å². The first-order valence-corrected chi connectivity index (χ1v) is 7.73. The fraction of sp³-hybridized carbons (Fsp3) is 0.353. The Morgan fingerprint density at radius 2 is 2.00 bits per heavy atom. The van der Waals surface area contributed by atoms with Crippen LogP contribution in [0, 0.1) is 0 Å². The Morgan fingerprint density at radius 3 is 2.70 bits per heavy atom. The van der Waals surface area contributed by atoms with Crippen molar-refractivity contribution in [3.8, 4) is 11.4 Å². The molecule has 6 heteroatoms. The molecule has 1 aromatic carbocycles. The summed E-state index contributed by atoms with van der Waals surface area (Å²) >= 11 is 0. The van der Waals surface area contributed by atoms with Crippen molar-refractivity contribution in [2.75, 3.05) is 18.0 Å². The second kappa shape index (κ2) is 8.85. The van der Waals surface area contributed by atoms with Gasteiger partial charge in [0.05, 0.1) is 0 Å². The van der Waals surface area contributed by atoms with Crippen LogP contribution in [-0.2, 0) is 4.79 Å². The molecule has 1 atom stereocenters. The normalized spacial score (nSPS) is 17.1. The Morgan fingerprint density at radius 1 is 1.26 bits per heavy atom. The highest BCUT2D eigenvalue weighted by molar-refractivity contribution is 5.57. The van der Waals surface area contributed by atoms with E-state index in [1.165, 1.54) is 12.8 Å². The fourth-order valence-electron chi connectivity index (χ4n) is 2.78. The molecule has 0 radical (unpaired) electrons. The van der Waals surface area contributed by atoms with E-state index >= 15 is 0 Å². The van der Waals surface area contributed by atoms with Crippen LogP contribution >= 0.6 is 0 Å². The van der Waals surface area contributed by atoms with Gasteiger partial charge in [-0.3, -0.25) is 4.79 Å². The third-order valence-electron chi connectivity index (χ3n) is 3.87. The Balaban J connectivity index is 0.000000595. The Labute approximate surface area is 136 Å². The van der Waals surface area contributed by atoms with E-state index in [1.807, 2.05) is 42.6 Å². The number of benzene rings is 1. The molecular weight excluding hydrogens is 292 g/mol. The zero-order valence-electron chi connectivity index (χ0n) is 13.0. The van der Waals surface area contributed by atoms with E-state index in [2.05, 4.69) is 9.88 Å². The highest BCUT2D eigenvalue weighted by Crippen LogP contribution is 2.24. The summed E-state index contributed by atoms with van der Waals surface area (Å²) in [6.45, 7) is 1.47. The number of hydrogen-bond acceptors (Lipinski definition) is 5. The molecule has 6 nitrogen and oxygen atoms in total. The molecule has 1 aliphatic heterocycles. The van der Waals surface area contributed by atoms with Crippen LogP contribution in [0.2, 0.25) is 0 Å². The predicted octanol–water partition coefficient (Wildman–Crippen LogP) is 2.16. The van der Waals surface area contributed by atoms with E-state index < -0.39 is 0 Å². The van der Waals surface area contributed by atoms with Crippen LogP contribution < -0.4 is 10.6 Å². The first-order valence-electron chi connectivity index (χ1n) is 7.73. The van der Waals surface area contributed by atoms with Crippen molar-refractivity contribution in [1.82, 2.24) is 9.97 Å². The molecule has 1 saturated heterocycles. The average molecular weight is 314 g/mol. The van der Waals surface area contributed by atoms with Crippen LogP contribution in [0.15, 0.2) is 42.6 Å². The molecule has 2 heterocycles. The number of anilines is 1. The standard InChI is InChI=1S/C16H20N4.CH2O2/c17-12-14-8-4-5-11-20(14)15-9-10-18-16(19-15)13-6-2-1-3-7-13;2-1-3/h1-3,6-7,9-10,14H,4-5,8,11-12,17H2;1H,(H,2,3). The highest BCUT2D eigenvalue weighted by atomic mass is 16.3. The summed E-state index contributed by atoms with van der Waals surface area (Å²) in [6, 6.07) is 12.5. The number of carboxylic acid groups (broad SMARTS) is 1. The quantitative estimate of drug-likeness (QED) is 0.843. The predicted molar refractivity (Wildman–Crippen MR) is 90.2 cm³/mol. The topological polar surface area (TPSA) is 92.3 Å². The number of piperidine rings is 1. The van der Waals surface area contributed by atoms with Crippen molar-refractivity contribution in [3.63, 3.8) is 0 Å². The molecule has 1 fully saturated rings. The fourth-order valence-corrected chi connectivity index (χ4v) is 2.78. The van der Waals surface area contributed by atoms with Crippen molar-refractivity contribution in [3.05, 3.63) is 42.6 Å². The van der Waals surface area contributed by atoms with E-state index in [1.54, 1.807) is 0 Å². The number of aromatic nitrogens is 2. The largest absolute Gasteiger partial charge is 0.483 e. The number of nitrogens with two attached hydrogens (primary N) is 1. The SMILES string of the molecule is NCC1CCCCN1c1ccnc(-c2ccccc2)n1.O=CO. The zero-order chi connectivity index (χ0) is 16.5. The number of carbonyl (C=O) groups is 1. The van der Waals surface area contributed by atoms with Gasteiger partial charge in [0.25, 0.3) is 6.47 Å². The summed E-state index contributed by atoms with van der Waals surface area (Å²) in [5.41, 5.74) is 6.95. The van der Waals surface area contributed by atoms with Gasteiger partial charge in [0.15, 0.2) is 5.82 Å². The molecule has 0 amide bonds. The van der Waals surface area contributed by atoms with Gasteiger partial charge >= 0.3 is 0 Å². The molecule has 2 aromatic rings. The van der Waals surface area contributed by atoms with Crippen molar-refractivity contribution >= 4 is 12.3 Å². The van der Waals surface area contributed by atoms with Gasteiger partial charge < -0.3 is 15.7 Å². The van der Waals surface area contributed by atoms with Gasteiger partial charge in [-0.05, 0) is 25.3 Å². The summed E-state index contributed by atoms with van der Waals surface area (Å²) in [5.74, 6) is 1.78.